The van der Waals surface area contributed by atoms with E-state index in [2.05, 4.69) is 38.4 Å². The molecule has 19 heavy (non-hydrogen) atoms. The zero-order valence-electron chi connectivity index (χ0n) is 10.8. The lowest BCUT2D eigenvalue weighted by molar-refractivity contribution is 0.210. The third kappa shape index (κ3) is 2.14. The molecule has 2 N–H and O–H groups in total. The molecule has 0 spiro atoms. The molecule has 1 unspecified atom stereocenters. The summed E-state index contributed by atoms with van der Waals surface area (Å²) in [5, 5.41) is 12.2. The second-order valence-corrected chi connectivity index (χ2v) is 5.88. The van der Waals surface area contributed by atoms with Crippen molar-refractivity contribution in [1.29, 1.82) is 0 Å². The van der Waals surface area contributed by atoms with E-state index >= 15 is 0 Å². The number of anilines is 1. The highest BCUT2D eigenvalue weighted by atomic mass is 79.9. The molecule has 0 saturated heterocycles. The van der Waals surface area contributed by atoms with Crippen LogP contribution in [-0.2, 0) is 0 Å². The smallest absolute Gasteiger partial charge is 0.183 e. The third-order valence-corrected chi connectivity index (χ3v) is 4.87. The van der Waals surface area contributed by atoms with Gasteiger partial charge in [0.1, 0.15) is 0 Å². The highest BCUT2D eigenvalue weighted by molar-refractivity contribution is 9.10. The first-order valence-corrected chi connectivity index (χ1v) is 7.30. The Labute approximate surface area is 120 Å². The van der Waals surface area contributed by atoms with Gasteiger partial charge in [-0.2, -0.15) is 0 Å². The first-order valence-electron chi connectivity index (χ1n) is 6.50. The van der Waals surface area contributed by atoms with E-state index in [4.69, 9.17) is 5.73 Å². The lowest BCUT2D eigenvalue weighted by atomic mass is 9.80. The molecule has 1 aliphatic rings. The number of nitrogen functional groups attached to an aromatic ring is 1. The van der Waals surface area contributed by atoms with Crippen molar-refractivity contribution >= 4 is 21.6 Å². The molecule has 0 bridgehead atoms. The van der Waals surface area contributed by atoms with Gasteiger partial charge in [-0.15, -0.1) is 5.10 Å². The van der Waals surface area contributed by atoms with Crippen LogP contribution >= 0.6 is 15.9 Å². The molecule has 1 atom stereocenters. The minimum absolute atomic E-state index is 0.326. The van der Waals surface area contributed by atoms with Crippen LogP contribution in [0.2, 0.25) is 0 Å². The van der Waals surface area contributed by atoms with E-state index in [1.165, 1.54) is 19.3 Å². The molecule has 5 nitrogen and oxygen atoms in total. The van der Waals surface area contributed by atoms with Gasteiger partial charge >= 0.3 is 0 Å². The summed E-state index contributed by atoms with van der Waals surface area (Å²) in [7, 11) is 0. The molecule has 1 saturated carbocycles. The number of rotatable bonds is 3. The number of hydrogen-bond acceptors (Lipinski definition) is 4. The number of tetrazole rings is 1. The van der Waals surface area contributed by atoms with Crippen molar-refractivity contribution in [3.05, 3.63) is 22.7 Å². The lowest BCUT2D eigenvalue weighted by Gasteiger charge is -2.31. The van der Waals surface area contributed by atoms with E-state index in [0.717, 1.165) is 15.9 Å². The van der Waals surface area contributed by atoms with Crippen LogP contribution in [0, 0.1) is 5.92 Å². The SMILES string of the molecule is CC(C1CCC1)n1nnnc1-c1cccc(N)c1Br. The van der Waals surface area contributed by atoms with E-state index in [1.807, 2.05) is 22.9 Å². The van der Waals surface area contributed by atoms with Gasteiger partial charge < -0.3 is 5.73 Å². The zero-order valence-corrected chi connectivity index (χ0v) is 12.3. The fraction of sp³-hybridized carbons (Fsp3) is 0.462. The molecular formula is C13H16BrN5. The second-order valence-electron chi connectivity index (χ2n) is 5.09. The maximum absolute atomic E-state index is 5.93. The minimum atomic E-state index is 0.326. The van der Waals surface area contributed by atoms with Gasteiger partial charge in [-0.05, 0) is 64.2 Å². The molecule has 1 heterocycles. The maximum Gasteiger partial charge on any atom is 0.183 e. The van der Waals surface area contributed by atoms with Crippen molar-refractivity contribution in [1.82, 2.24) is 20.2 Å². The molecule has 0 amide bonds. The Kier molecular flexibility index (Phi) is 3.26. The van der Waals surface area contributed by atoms with E-state index < -0.39 is 0 Å². The van der Waals surface area contributed by atoms with Gasteiger partial charge in [0.15, 0.2) is 5.82 Å². The van der Waals surface area contributed by atoms with Crippen molar-refractivity contribution in [3.8, 4) is 11.4 Å². The lowest BCUT2D eigenvalue weighted by Crippen LogP contribution is -2.24. The average Bonchev–Trinajstić information content (AvgIpc) is 2.79. The second kappa shape index (κ2) is 4.92. The summed E-state index contributed by atoms with van der Waals surface area (Å²) in [5.74, 6) is 1.46. The number of aromatic nitrogens is 4. The fourth-order valence-corrected chi connectivity index (χ4v) is 2.93. The summed E-state index contributed by atoms with van der Waals surface area (Å²) in [6, 6.07) is 6.09. The van der Waals surface area contributed by atoms with Crippen LogP contribution in [0.25, 0.3) is 11.4 Å². The quantitative estimate of drug-likeness (QED) is 0.882. The summed E-state index contributed by atoms with van der Waals surface area (Å²) in [5.41, 5.74) is 7.56. The summed E-state index contributed by atoms with van der Waals surface area (Å²) < 4.78 is 2.77. The average molecular weight is 322 g/mol. The number of nitrogens with zero attached hydrogens (tertiary/aromatic N) is 4. The molecule has 1 fully saturated rings. The third-order valence-electron chi connectivity index (χ3n) is 3.98. The van der Waals surface area contributed by atoms with Gasteiger partial charge in [-0.3, -0.25) is 0 Å². The Bertz CT molecular complexity index is 590. The molecule has 2 aromatic rings. The Morgan fingerprint density at radius 1 is 1.42 bits per heavy atom. The van der Waals surface area contributed by atoms with Crippen LogP contribution in [0.3, 0.4) is 0 Å². The summed E-state index contributed by atoms with van der Waals surface area (Å²) in [6.45, 7) is 2.18. The van der Waals surface area contributed by atoms with Gasteiger partial charge in [0, 0.05) is 11.3 Å². The van der Waals surface area contributed by atoms with E-state index in [0.29, 0.717) is 17.6 Å². The summed E-state index contributed by atoms with van der Waals surface area (Å²) in [4.78, 5) is 0. The van der Waals surface area contributed by atoms with Gasteiger partial charge in [-0.25, -0.2) is 4.68 Å². The van der Waals surface area contributed by atoms with Crippen LogP contribution < -0.4 is 5.73 Å². The van der Waals surface area contributed by atoms with Gasteiger partial charge in [0.2, 0.25) is 0 Å². The molecule has 6 heteroatoms. The molecule has 100 valence electrons. The van der Waals surface area contributed by atoms with Crippen molar-refractivity contribution in [2.45, 2.75) is 32.2 Å². The molecule has 1 aromatic carbocycles. The van der Waals surface area contributed by atoms with E-state index in [9.17, 15) is 0 Å². The molecule has 0 radical (unpaired) electrons. The van der Waals surface area contributed by atoms with E-state index in [1.54, 1.807) is 0 Å². The summed E-state index contributed by atoms with van der Waals surface area (Å²) >= 11 is 3.52. The number of benzene rings is 1. The Hall–Kier alpha value is -1.43. The molecule has 1 aliphatic carbocycles. The fourth-order valence-electron chi connectivity index (χ4n) is 2.49. The van der Waals surface area contributed by atoms with Crippen LogP contribution in [0.4, 0.5) is 5.69 Å². The van der Waals surface area contributed by atoms with Crippen LogP contribution in [0.15, 0.2) is 22.7 Å². The van der Waals surface area contributed by atoms with Crippen molar-refractivity contribution in [3.63, 3.8) is 0 Å². The largest absolute Gasteiger partial charge is 0.398 e. The van der Waals surface area contributed by atoms with Crippen molar-refractivity contribution < 1.29 is 0 Å². The van der Waals surface area contributed by atoms with Crippen LogP contribution in [0.5, 0.6) is 0 Å². The first-order chi connectivity index (χ1) is 9.18. The Balaban J connectivity index is 2.01. The highest BCUT2D eigenvalue weighted by Crippen LogP contribution is 2.38. The van der Waals surface area contributed by atoms with E-state index in [-0.39, 0.29) is 0 Å². The molecule has 0 aliphatic heterocycles. The zero-order chi connectivity index (χ0) is 13.4. The topological polar surface area (TPSA) is 69.6 Å². The predicted octanol–water partition coefficient (Wildman–Crippen LogP) is 3.05. The highest BCUT2D eigenvalue weighted by Gasteiger charge is 2.28. The van der Waals surface area contributed by atoms with Gasteiger partial charge in [-0.1, -0.05) is 12.5 Å². The number of hydrogen-bond donors (Lipinski definition) is 1. The predicted molar refractivity (Wildman–Crippen MR) is 77.4 cm³/mol. The minimum Gasteiger partial charge on any atom is -0.398 e. The van der Waals surface area contributed by atoms with Gasteiger partial charge in [0.25, 0.3) is 0 Å². The Morgan fingerprint density at radius 2 is 2.21 bits per heavy atom. The Morgan fingerprint density at radius 3 is 2.89 bits per heavy atom. The van der Waals surface area contributed by atoms with Crippen LogP contribution in [-0.4, -0.2) is 20.2 Å². The number of nitrogens with two attached hydrogens (primary N) is 1. The molecular weight excluding hydrogens is 306 g/mol. The first kappa shape index (κ1) is 12.6. The summed E-state index contributed by atoms with van der Waals surface area (Å²) in [6.07, 6.45) is 3.84. The van der Waals surface area contributed by atoms with Gasteiger partial charge in [0.05, 0.1) is 10.5 Å². The standard InChI is InChI=1S/C13H16BrN5/c1-8(9-4-2-5-9)19-13(16-17-18-19)10-6-3-7-11(15)12(10)14/h3,6-9H,2,4-5,15H2,1H3. The van der Waals surface area contributed by atoms with Crippen molar-refractivity contribution in [2.24, 2.45) is 5.92 Å². The normalized spacial score (nSPS) is 17.2. The molecule has 1 aromatic heterocycles. The van der Waals surface area contributed by atoms with Crippen LogP contribution in [0.1, 0.15) is 32.2 Å². The number of halogens is 1. The molecule has 3 rings (SSSR count). The maximum atomic E-state index is 5.93. The van der Waals surface area contributed by atoms with Crippen molar-refractivity contribution in [2.75, 3.05) is 5.73 Å². The monoisotopic (exact) mass is 321 g/mol.